The summed E-state index contributed by atoms with van der Waals surface area (Å²) in [7, 11) is 2.07. The second-order valence-corrected chi connectivity index (χ2v) is 10.8. The summed E-state index contributed by atoms with van der Waals surface area (Å²) in [4.78, 5) is 26.2. The summed E-state index contributed by atoms with van der Waals surface area (Å²) in [5.41, 5.74) is 10.4. The first-order valence-electron chi connectivity index (χ1n) is 11.5. The van der Waals surface area contributed by atoms with E-state index < -0.39 is 12.5 Å². The molecule has 0 atom stereocenters. The van der Waals surface area contributed by atoms with Crippen molar-refractivity contribution in [2.24, 2.45) is 5.73 Å². The minimum atomic E-state index is -2.96. The number of carbonyl (C=O) groups is 1. The lowest BCUT2D eigenvalue weighted by molar-refractivity contribution is -0.0493. The van der Waals surface area contributed by atoms with Crippen LogP contribution in [-0.4, -0.2) is 66.9 Å². The van der Waals surface area contributed by atoms with Crippen molar-refractivity contribution in [3.05, 3.63) is 40.4 Å². The van der Waals surface area contributed by atoms with Crippen LogP contribution < -0.4 is 20.7 Å². The second kappa shape index (κ2) is 10.2. The number of fused-ring (bicyclic) bond motifs is 3. The number of ether oxygens (including phenoxy) is 1. The lowest BCUT2D eigenvalue weighted by atomic mass is 9.91. The first-order chi connectivity index (χ1) is 17.3. The maximum absolute atomic E-state index is 13.1. The van der Waals surface area contributed by atoms with Crippen LogP contribution in [0.4, 0.5) is 26.1 Å². The molecule has 2 aromatic heterocycles. The van der Waals surface area contributed by atoms with E-state index in [1.165, 1.54) is 23.1 Å². The fourth-order valence-corrected chi connectivity index (χ4v) is 6.53. The Morgan fingerprint density at radius 2 is 2.03 bits per heavy atom. The number of likely N-dealkylation sites (N-methyl/N-ethyl adjacent to an activating group) is 1. The highest BCUT2D eigenvalue weighted by Gasteiger charge is 2.29. The maximum atomic E-state index is 13.1. The number of nitrogens with zero attached hydrogens (tertiary/aromatic N) is 4. The van der Waals surface area contributed by atoms with Gasteiger partial charge in [0.2, 0.25) is 5.95 Å². The van der Waals surface area contributed by atoms with Crippen molar-refractivity contribution in [3.8, 4) is 17.0 Å². The number of halogens is 2. The number of aryl methyl sites for hydroxylation is 1. The largest absolute Gasteiger partial charge is 0.433 e. The van der Waals surface area contributed by atoms with Crippen LogP contribution in [0.3, 0.4) is 0 Å². The lowest BCUT2D eigenvalue weighted by Gasteiger charge is -2.34. The number of primary amides is 1. The molecule has 12 heteroatoms. The highest BCUT2D eigenvalue weighted by Crippen LogP contribution is 2.45. The van der Waals surface area contributed by atoms with E-state index in [2.05, 4.69) is 27.1 Å². The van der Waals surface area contributed by atoms with E-state index in [1.807, 2.05) is 6.26 Å². The Labute approximate surface area is 215 Å². The highest BCUT2D eigenvalue weighted by molar-refractivity contribution is 8.00. The average molecular weight is 533 g/mol. The summed E-state index contributed by atoms with van der Waals surface area (Å²) in [6, 6.07) is 5.12. The Kier molecular flexibility index (Phi) is 7.00. The smallest absolute Gasteiger partial charge is 0.387 e. The molecule has 5 rings (SSSR count). The van der Waals surface area contributed by atoms with Crippen LogP contribution in [0.2, 0.25) is 0 Å². The zero-order chi connectivity index (χ0) is 25.4. The molecule has 1 aromatic carbocycles. The van der Waals surface area contributed by atoms with Gasteiger partial charge in [0.1, 0.15) is 5.75 Å². The number of carbonyl (C=O) groups excluding carboxylic acids is 1. The highest BCUT2D eigenvalue weighted by atomic mass is 32.2. The van der Waals surface area contributed by atoms with E-state index in [0.717, 1.165) is 58.5 Å². The van der Waals surface area contributed by atoms with E-state index in [9.17, 15) is 13.6 Å². The number of hydrogen-bond donors (Lipinski definition) is 2. The molecule has 1 aliphatic heterocycles. The van der Waals surface area contributed by atoms with Gasteiger partial charge in [0.15, 0.2) is 0 Å². The number of amides is 1. The van der Waals surface area contributed by atoms with Gasteiger partial charge >= 0.3 is 6.61 Å². The van der Waals surface area contributed by atoms with Crippen LogP contribution >= 0.6 is 23.1 Å². The zero-order valence-electron chi connectivity index (χ0n) is 19.9. The molecule has 1 fully saturated rings. The minimum absolute atomic E-state index is 0.0150. The average Bonchev–Trinajstić information content (AvgIpc) is 3.25. The molecular formula is C24H26F2N6O2S2. The molecule has 2 aliphatic rings. The van der Waals surface area contributed by atoms with Crippen LogP contribution in [0.5, 0.6) is 5.75 Å². The van der Waals surface area contributed by atoms with Gasteiger partial charge < -0.3 is 25.6 Å². The molecule has 3 heterocycles. The lowest BCUT2D eigenvalue weighted by Crippen LogP contribution is -2.44. The first-order valence-corrected chi connectivity index (χ1v) is 13.5. The van der Waals surface area contributed by atoms with Gasteiger partial charge in [0, 0.05) is 43.6 Å². The van der Waals surface area contributed by atoms with Crippen molar-refractivity contribution >= 4 is 46.3 Å². The quantitative estimate of drug-likeness (QED) is 0.437. The molecule has 190 valence electrons. The fraction of sp³-hybridized carbons (Fsp3) is 0.375. The Balaban J connectivity index is 1.51. The first kappa shape index (κ1) is 24.7. The summed E-state index contributed by atoms with van der Waals surface area (Å²) in [5.74, 6) is -0.168. The van der Waals surface area contributed by atoms with Gasteiger partial charge in [-0.1, -0.05) is 0 Å². The van der Waals surface area contributed by atoms with E-state index in [0.29, 0.717) is 23.4 Å². The molecule has 36 heavy (non-hydrogen) atoms. The third kappa shape index (κ3) is 4.84. The number of rotatable bonds is 7. The van der Waals surface area contributed by atoms with Gasteiger partial charge in [-0.05, 0) is 55.5 Å². The van der Waals surface area contributed by atoms with Crippen molar-refractivity contribution in [3.63, 3.8) is 0 Å². The van der Waals surface area contributed by atoms with Crippen LogP contribution in [0, 0.1) is 0 Å². The van der Waals surface area contributed by atoms with Crippen LogP contribution in [-0.2, 0) is 12.8 Å². The summed E-state index contributed by atoms with van der Waals surface area (Å²) < 4.78 is 32.0. The van der Waals surface area contributed by atoms with Crippen LogP contribution in [0.15, 0.2) is 28.6 Å². The molecule has 0 saturated carbocycles. The van der Waals surface area contributed by atoms with E-state index in [4.69, 9.17) is 15.5 Å². The molecule has 1 aliphatic carbocycles. The molecule has 8 nitrogen and oxygen atoms in total. The van der Waals surface area contributed by atoms with Crippen LogP contribution in [0.1, 0.15) is 20.8 Å². The standard InChI is InChI=1S/C24H26F2N6O2S2/c1-31-7-9-32(10-8-31)14-4-6-17(34-23(25)26)16(11-14)29-24-28-12-13-3-5-15-18(19(13)30-24)22(35-2)36-20(15)21(27)33/h4,6,11-12,23H,3,5,7-10H2,1-2H3,(H2,27,33)(H,28,29,30). The maximum Gasteiger partial charge on any atom is 0.387 e. The fourth-order valence-electron chi connectivity index (χ4n) is 4.59. The molecule has 0 spiro atoms. The Morgan fingerprint density at radius 1 is 1.25 bits per heavy atom. The number of piperazine rings is 1. The van der Waals surface area contributed by atoms with E-state index in [1.54, 1.807) is 24.4 Å². The number of nitrogens with two attached hydrogens (primary N) is 1. The summed E-state index contributed by atoms with van der Waals surface area (Å²) in [5, 5.41) is 3.10. The molecule has 1 saturated heterocycles. The Hall–Kier alpha value is -2.96. The van der Waals surface area contributed by atoms with Gasteiger partial charge in [-0.25, -0.2) is 9.97 Å². The Bertz CT molecular complexity index is 1290. The van der Waals surface area contributed by atoms with Crippen molar-refractivity contribution in [1.29, 1.82) is 0 Å². The number of benzene rings is 1. The molecule has 0 radical (unpaired) electrons. The zero-order valence-corrected chi connectivity index (χ0v) is 21.5. The molecule has 3 aromatic rings. The summed E-state index contributed by atoms with van der Waals surface area (Å²) in [6.45, 7) is 0.538. The number of nitrogens with one attached hydrogen (secondary N) is 1. The third-order valence-electron chi connectivity index (χ3n) is 6.42. The molecule has 0 unspecified atom stereocenters. The van der Waals surface area contributed by atoms with Crippen molar-refractivity contribution in [1.82, 2.24) is 14.9 Å². The van der Waals surface area contributed by atoms with E-state index in [-0.39, 0.29) is 11.7 Å². The van der Waals surface area contributed by atoms with Crippen molar-refractivity contribution in [2.45, 2.75) is 23.7 Å². The van der Waals surface area contributed by atoms with Gasteiger partial charge in [-0.3, -0.25) is 4.79 Å². The second-order valence-electron chi connectivity index (χ2n) is 8.68. The molecule has 3 N–H and O–H groups in total. The molecule has 0 bridgehead atoms. The number of thiophene rings is 1. The third-order valence-corrected chi connectivity index (χ3v) is 8.79. The van der Waals surface area contributed by atoms with Crippen molar-refractivity contribution < 1.29 is 18.3 Å². The molecular weight excluding hydrogens is 506 g/mol. The van der Waals surface area contributed by atoms with E-state index >= 15 is 0 Å². The predicted octanol–water partition coefficient (Wildman–Crippen LogP) is 4.22. The topological polar surface area (TPSA) is 96.6 Å². The number of hydrogen-bond acceptors (Lipinski definition) is 9. The SMILES string of the molecule is CSc1sc(C(N)=O)c2c1-c1nc(Nc3cc(N4CCN(C)CC4)ccc3OC(F)F)ncc1CC2. The number of alkyl halides is 2. The molecule has 1 amide bonds. The monoisotopic (exact) mass is 532 g/mol. The normalized spacial score (nSPS) is 15.5. The summed E-state index contributed by atoms with van der Waals surface area (Å²) >= 11 is 2.92. The van der Waals surface area contributed by atoms with Crippen LogP contribution in [0.25, 0.3) is 11.3 Å². The predicted molar refractivity (Wildman–Crippen MR) is 139 cm³/mol. The van der Waals surface area contributed by atoms with Gasteiger partial charge in [0.05, 0.1) is 20.5 Å². The number of anilines is 3. The van der Waals surface area contributed by atoms with Gasteiger partial charge in [-0.15, -0.1) is 23.1 Å². The summed E-state index contributed by atoms with van der Waals surface area (Å²) in [6.07, 6.45) is 5.07. The van der Waals surface area contributed by atoms with Crippen molar-refractivity contribution in [2.75, 3.05) is 49.7 Å². The number of thioether (sulfide) groups is 1. The van der Waals surface area contributed by atoms with Gasteiger partial charge in [0.25, 0.3) is 5.91 Å². The van der Waals surface area contributed by atoms with Gasteiger partial charge in [-0.2, -0.15) is 8.78 Å². The Morgan fingerprint density at radius 3 is 2.72 bits per heavy atom. The minimum Gasteiger partial charge on any atom is -0.433 e. The number of aromatic nitrogens is 2.